The maximum Gasteiger partial charge on any atom is 0.321 e. The van der Waals surface area contributed by atoms with Gasteiger partial charge in [-0.3, -0.25) is 4.79 Å². The van der Waals surface area contributed by atoms with Crippen molar-refractivity contribution in [2.45, 2.75) is 25.7 Å². The van der Waals surface area contributed by atoms with E-state index in [2.05, 4.69) is 10.2 Å². The van der Waals surface area contributed by atoms with Crippen molar-refractivity contribution in [2.75, 3.05) is 55.2 Å². The fourth-order valence-electron chi connectivity index (χ4n) is 4.39. The molecule has 2 aliphatic heterocycles. The Hall–Kier alpha value is -3.29. The number of para-hydroxylation sites is 1. The quantitative estimate of drug-likeness (QED) is 0.713. The van der Waals surface area contributed by atoms with Gasteiger partial charge in [-0.15, -0.1) is 0 Å². The summed E-state index contributed by atoms with van der Waals surface area (Å²) < 4.78 is 13.9. The molecule has 2 aromatic rings. The number of amides is 3. The number of nitrogens with two attached hydrogens (primary N) is 1. The summed E-state index contributed by atoms with van der Waals surface area (Å²) in [5.74, 6) is -0.439. The van der Waals surface area contributed by atoms with E-state index in [9.17, 15) is 14.0 Å². The van der Waals surface area contributed by atoms with Crippen LogP contribution in [0, 0.1) is 5.82 Å². The Morgan fingerprint density at radius 3 is 2.38 bits per heavy atom. The van der Waals surface area contributed by atoms with E-state index in [1.54, 1.807) is 29.2 Å². The minimum absolute atomic E-state index is 0.0189. The number of nitrogens with one attached hydrogen (secondary N) is 1. The summed E-state index contributed by atoms with van der Waals surface area (Å²) in [5, 5.41) is 2.66. The second kappa shape index (κ2) is 9.89. The monoisotopic (exact) mass is 439 g/mol. The summed E-state index contributed by atoms with van der Waals surface area (Å²) in [4.78, 5) is 31.7. The standard InChI is InChI=1S/C24H30FN5O2/c25-20-7-2-3-8-21(20)27-24(32)30-14-6-13-28(15-16-30)22-10-9-18(26)17-19(22)23(31)29-11-4-1-5-12-29/h2-3,7-10,17H,1,4-6,11-16,26H2,(H,27,32). The first-order valence-corrected chi connectivity index (χ1v) is 11.3. The van der Waals surface area contributed by atoms with Crippen LogP contribution in [0.15, 0.2) is 42.5 Å². The molecule has 0 aromatic heterocycles. The van der Waals surface area contributed by atoms with Gasteiger partial charge in [0.15, 0.2) is 0 Å². The van der Waals surface area contributed by atoms with Crippen molar-refractivity contribution in [3.63, 3.8) is 0 Å². The molecule has 2 heterocycles. The highest BCUT2D eigenvalue weighted by molar-refractivity contribution is 6.01. The van der Waals surface area contributed by atoms with E-state index < -0.39 is 5.82 Å². The van der Waals surface area contributed by atoms with Gasteiger partial charge in [0.1, 0.15) is 5.82 Å². The van der Waals surface area contributed by atoms with E-state index in [1.165, 1.54) is 6.07 Å². The highest BCUT2D eigenvalue weighted by Crippen LogP contribution is 2.27. The third kappa shape index (κ3) is 4.95. The number of urea groups is 1. The van der Waals surface area contributed by atoms with Gasteiger partial charge in [-0.1, -0.05) is 12.1 Å². The molecule has 170 valence electrons. The van der Waals surface area contributed by atoms with Crippen LogP contribution in [0.2, 0.25) is 0 Å². The van der Waals surface area contributed by atoms with Crippen LogP contribution < -0.4 is 16.0 Å². The number of hydrogen-bond acceptors (Lipinski definition) is 4. The SMILES string of the molecule is Nc1ccc(N2CCCN(C(=O)Nc3ccccc3F)CC2)c(C(=O)N2CCCCC2)c1. The molecule has 3 amide bonds. The van der Waals surface area contributed by atoms with Crippen LogP contribution in [0.1, 0.15) is 36.0 Å². The summed E-state index contributed by atoms with van der Waals surface area (Å²) in [7, 11) is 0. The number of piperidine rings is 1. The first-order chi connectivity index (χ1) is 15.5. The number of likely N-dealkylation sites (tertiary alicyclic amines) is 1. The smallest absolute Gasteiger partial charge is 0.321 e. The van der Waals surface area contributed by atoms with Crippen molar-refractivity contribution in [1.82, 2.24) is 9.80 Å². The summed E-state index contributed by atoms with van der Waals surface area (Å²) in [5.41, 5.74) is 8.23. The maximum absolute atomic E-state index is 13.9. The zero-order chi connectivity index (χ0) is 22.5. The number of anilines is 3. The van der Waals surface area contributed by atoms with Gasteiger partial charge in [-0.05, 0) is 56.0 Å². The summed E-state index contributed by atoms with van der Waals surface area (Å²) >= 11 is 0. The Balaban J connectivity index is 1.47. The van der Waals surface area contributed by atoms with E-state index in [4.69, 9.17) is 5.73 Å². The van der Waals surface area contributed by atoms with Crippen molar-refractivity contribution in [3.8, 4) is 0 Å². The number of nitrogens with zero attached hydrogens (tertiary/aromatic N) is 3. The van der Waals surface area contributed by atoms with Crippen LogP contribution in [-0.4, -0.2) is 61.0 Å². The third-order valence-corrected chi connectivity index (χ3v) is 6.13. The Morgan fingerprint density at radius 1 is 0.844 bits per heavy atom. The molecule has 7 nitrogen and oxygen atoms in total. The number of halogens is 1. The number of benzene rings is 2. The molecule has 32 heavy (non-hydrogen) atoms. The molecular weight excluding hydrogens is 409 g/mol. The molecule has 2 saturated heterocycles. The van der Waals surface area contributed by atoms with Gasteiger partial charge in [0.2, 0.25) is 0 Å². The molecule has 0 spiro atoms. The second-order valence-electron chi connectivity index (χ2n) is 8.37. The zero-order valence-electron chi connectivity index (χ0n) is 18.2. The van der Waals surface area contributed by atoms with E-state index in [0.29, 0.717) is 37.4 Å². The lowest BCUT2D eigenvalue weighted by Crippen LogP contribution is -2.39. The van der Waals surface area contributed by atoms with Crippen LogP contribution in [0.4, 0.5) is 26.2 Å². The van der Waals surface area contributed by atoms with Gasteiger partial charge in [-0.2, -0.15) is 0 Å². The zero-order valence-corrected chi connectivity index (χ0v) is 18.2. The minimum Gasteiger partial charge on any atom is -0.399 e. The number of nitrogen functional groups attached to an aromatic ring is 1. The largest absolute Gasteiger partial charge is 0.399 e. The van der Waals surface area contributed by atoms with E-state index in [1.807, 2.05) is 17.0 Å². The third-order valence-electron chi connectivity index (χ3n) is 6.13. The maximum atomic E-state index is 13.9. The Labute approximate surface area is 188 Å². The Morgan fingerprint density at radius 2 is 1.59 bits per heavy atom. The van der Waals surface area contributed by atoms with Crippen molar-refractivity contribution in [3.05, 3.63) is 53.8 Å². The van der Waals surface area contributed by atoms with E-state index >= 15 is 0 Å². The average Bonchev–Trinajstić information content (AvgIpc) is 3.07. The topological polar surface area (TPSA) is 81.9 Å². The molecule has 0 saturated carbocycles. The fourth-order valence-corrected chi connectivity index (χ4v) is 4.39. The first-order valence-electron chi connectivity index (χ1n) is 11.3. The molecular formula is C24H30FN5O2. The van der Waals surface area contributed by atoms with Gasteiger partial charge in [0, 0.05) is 50.6 Å². The molecule has 4 rings (SSSR count). The lowest BCUT2D eigenvalue weighted by molar-refractivity contribution is 0.0725. The van der Waals surface area contributed by atoms with Crippen LogP contribution in [0.5, 0.6) is 0 Å². The van der Waals surface area contributed by atoms with Gasteiger partial charge in [0.05, 0.1) is 11.3 Å². The highest BCUT2D eigenvalue weighted by Gasteiger charge is 2.26. The van der Waals surface area contributed by atoms with Crippen LogP contribution in [0.25, 0.3) is 0 Å². The molecule has 2 aliphatic rings. The number of carbonyl (C=O) groups excluding carboxylic acids is 2. The molecule has 0 bridgehead atoms. The van der Waals surface area contributed by atoms with Crippen molar-refractivity contribution in [2.24, 2.45) is 0 Å². The first kappa shape index (κ1) is 21.9. The summed E-state index contributed by atoms with van der Waals surface area (Å²) in [6.07, 6.45) is 3.95. The molecule has 0 aliphatic carbocycles. The lowest BCUT2D eigenvalue weighted by Gasteiger charge is -2.30. The Bertz CT molecular complexity index is 977. The van der Waals surface area contributed by atoms with Crippen molar-refractivity contribution >= 4 is 29.0 Å². The summed E-state index contributed by atoms with van der Waals surface area (Å²) in [6.45, 7) is 3.87. The van der Waals surface area contributed by atoms with Gasteiger partial charge in [-0.25, -0.2) is 9.18 Å². The highest BCUT2D eigenvalue weighted by atomic mass is 19.1. The molecule has 0 atom stereocenters. The van der Waals surface area contributed by atoms with Crippen LogP contribution in [0.3, 0.4) is 0 Å². The predicted octanol–water partition coefficient (Wildman–Crippen LogP) is 3.78. The van der Waals surface area contributed by atoms with Crippen molar-refractivity contribution < 1.29 is 14.0 Å². The molecule has 8 heteroatoms. The van der Waals surface area contributed by atoms with E-state index in [-0.39, 0.29) is 17.6 Å². The lowest BCUT2D eigenvalue weighted by atomic mass is 10.1. The molecule has 2 fully saturated rings. The van der Waals surface area contributed by atoms with Gasteiger partial charge >= 0.3 is 6.03 Å². The van der Waals surface area contributed by atoms with Crippen LogP contribution >= 0.6 is 0 Å². The second-order valence-corrected chi connectivity index (χ2v) is 8.37. The van der Waals surface area contributed by atoms with Gasteiger partial charge in [0.25, 0.3) is 5.91 Å². The minimum atomic E-state index is -0.458. The van der Waals surface area contributed by atoms with Crippen molar-refractivity contribution in [1.29, 1.82) is 0 Å². The Kier molecular flexibility index (Phi) is 6.78. The normalized spacial score (nSPS) is 17.1. The molecule has 0 radical (unpaired) electrons. The predicted molar refractivity (Wildman–Crippen MR) is 124 cm³/mol. The number of rotatable bonds is 3. The number of hydrogen-bond donors (Lipinski definition) is 2. The van der Waals surface area contributed by atoms with E-state index in [0.717, 1.165) is 44.5 Å². The van der Waals surface area contributed by atoms with Gasteiger partial charge < -0.3 is 25.8 Å². The molecule has 2 aromatic carbocycles. The van der Waals surface area contributed by atoms with Crippen LogP contribution in [-0.2, 0) is 0 Å². The average molecular weight is 440 g/mol. The number of carbonyl (C=O) groups is 2. The molecule has 0 unspecified atom stereocenters. The molecule has 3 N–H and O–H groups in total. The summed E-state index contributed by atoms with van der Waals surface area (Å²) in [6, 6.07) is 11.3. The fraction of sp³-hybridized carbons (Fsp3) is 0.417.